The molecule has 3 heteroatoms. The summed E-state index contributed by atoms with van der Waals surface area (Å²) in [5.41, 5.74) is 17.5. The van der Waals surface area contributed by atoms with Crippen LogP contribution in [0.1, 0.15) is 47.9 Å². The lowest BCUT2D eigenvalue weighted by Crippen LogP contribution is -2.03. The van der Waals surface area contributed by atoms with Crippen LogP contribution in [0.4, 0.5) is 0 Å². The molecule has 0 atom stereocenters. The van der Waals surface area contributed by atoms with E-state index in [1.165, 1.54) is 134 Å². The van der Waals surface area contributed by atoms with Crippen molar-refractivity contribution in [2.75, 3.05) is 0 Å². The van der Waals surface area contributed by atoms with Crippen molar-refractivity contribution in [1.29, 1.82) is 0 Å². The highest BCUT2D eigenvalue weighted by Gasteiger charge is 2.25. The summed E-state index contributed by atoms with van der Waals surface area (Å²) in [6.07, 6.45) is 9.90. The van der Waals surface area contributed by atoms with E-state index in [1.54, 1.807) is 22.3 Å². The quantitative estimate of drug-likeness (QED) is 0.176. The Hall–Kier alpha value is -6.06. The van der Waals surface area contributed by atoms with Gasteiger partial charge < -0.3 is 13.7 Å². The van der Waals surface area contributed by atoms with E-state index in [-0.39, 0.29) is 0 Å². The van der Waals surface area contributed by atoms with Gasteiger partial charge in [0.2, 0.25) is 0 Å². The number of aryl methyl sites for hydroxylation is 4. The Morgan fingerprint density at radius 3 is 1.79 bits per heavy atom. The summed E-state index contributed by atoms with van der Waals surface area (Å²) in [5, 5.41) is 8.07. The molecule has 0 N–H and O–H groups in total. The Kier molecular flexibility index (Phi) is 6.25. The van der Waals surface area contributed by atoms with Crippen molar-refractivity contribution in [3.8, 4) is 17.1 Å². The van der Waals surface area contributed by atoms with E-state index in [1.807, 2.05) is 0 Å². The van der Waals surface area contributed by atoms with Crippen LogP contribution in [-0.2, 0) is 25.7 Å². The molecule has 254 valence electrons. The average molecular weight is 682 g/mol. The topological polar surface area (TPSA) is 14.8 Å². The number of benzene rings is 7. The molecule has 10 aromatic rings. The van der Waals surface area contributed by atoms with Gasteiger partial charge in [0.05, 0.1) is 38.8 Å². The first-order chi connectivity index (χ1) is 26.3. The van der Waals surface area contributed by atoms with Gasteiger partial charge in [-0.25, -0.2) is 0 Å². The predicted octanol–water partition coefficient (Wildman–Crippen LogP) is 12.7. The van der Waals surface area contributed by atoms with Gasteiger partial charge in [-0.1, -0.05) is 66.7 Å². The van der Waals surface area contributed by atoms with Crippen LogP contribution in [0.25, 0.3) is 82.5 Å². The van der Waals surface area contributed by atoms with Crippen molar-refractivity contribution in [2.45, 2.75) is 51.4 Å². The molecule has 0 saturated heterocycles. The number of nitrogens with zero attached hydrogens (tertiary/aromatic N) is 3. The number of aromatic nitrogens is 3. The standard InChI is InChI=1S/C50H39N3/c1-2-16-35(17-3-1)51-42-21-10-8-19-38(42)40-31-36(26-28-44(40)51)52-43-22-11-9-20-39(43)50-45(52)23-12-24-46(50)53-47-27-25-32-13-6-7-18-37(32)49(47)41-29-33-14-4-5-15-34(33)30-48(41)53/h1-3,8-12,16-17,19-31H,4-7,13-15,18H2. The minimum Gasteiger partial charge on any atom is -0.309 e. The van der Waals surface area contributed by atoms with Crippen LogP contribution in [0.3, 0.4) is 0 Å². The van der Waals surface area contributed by atoms with Crippen molar-refractivity contribution < 1.29 is 0 Å². The monoisotopic (exact) mass is 681 g/mol. The van der Waals surface area contributed by atoms with E-state index >= 15 is 0 Å². The maximum atomic E-state index is 2.63. The fraction of sp³-hybridized carbons (Fsp3) is 0.160. The number of para-hydroxylation sites is 3. The first kappa shape index (κ1) is 29.5. The number of fused-ring (bicyclic) bond motifs is 12. The molecule has 3 aromatic heterocycles. The van der Waals surface area contributed by atoms with Crippen LogP contribution in [0, 0.1) is 0 Å². The summed E-state index contributed by atoms with van der Waals surface area (Å²) >= 11 is 0. The fourth-order valence-corrected chi connectivity index (χ4v) is 10.3. The van der Waals surface area contributed by atoms with Crippen LogP contribution in [0.15, 0.2) is 140 Å². The molecule has 12 rings (SSSR count). The lowest BCUT2D eigenvalue weighted by Gasteiger charge is -2.18. The van der Waals surface area contributed by atoms with E-state index in [9.17, 15) is 0 Å². The first-order valence-corrected chi connectivity index (χ1v) is 19.5. The molecule has 0 unspecified atom stereocenters. The molecule has 0 spiro atoms. The molecule has 3 heterocycles. The predicted molar refractivity (Wildman–Crippen MR) is 223 cm³/mol. The van der Waals surface area contributed by atoms with E-state index in [0.29, 0.717) is 0 Å². The molecule has 0 bridgehead atoms. The Morgan fingerprint density at radius 2 is 0.943 bits per heavy atom. The summed E-state index contributed by atoms with van der Waals surface area (Å²) in [6, 6.07) is 52.7. The highest BCUT2D eigenvalue weighted by atomic mass is 15.0. The molecule has 2 aliphatic carbocycles. The highest BCUT2D eigenvalue weighted by molar-refractivity contribution is 6.18. The molecule has 7 aromatic carbocycles. The van der Waals surface area contributed by atoms with Crippen LogP contribution < -0.4 is 0 Å². The third-order valence-electron chi connectivity index (χ3n) is 12.6. The summed E-state index contributed by atoms with van der Waals surface area (Å²) in [5.74, 6) is 0. The second-order valence-electron chi connectivity index (χ2n) is 15.4. The Labute approximate surface area is 308 Å². The smallest absolute Gasteiger partial charge is 0.0562 e. The maximum Gasteiger partial charge on any atom is 0.0562 e. The van der Waals surface area contributed by atoms with Gasteiger partial charge in [-0.15, -0.1) is 0 Å². The lowest BCUT2D eigenvalue weighted by molar-refractivity contribution is 0.686. The Bertz CT molecular complexity index is 3110. The molecular formula is C50H39N3. The van der Waals surface area contributed by atoms with E-state index in [2.05, 4.69) is 153 Å². The second kappa shape index (κ2) is 11.2. The summed E-state index contributed by atoms with van der Waals surface area (Å²) < 4.78 is 7.53. The van der Waals surface area contributed by atoms with Crippen molar-refractivity contribution >= 4 is 65.4 Å². The zero-order valence-electron chi connectivity index (χ0n) is 29.8. The molecule has 2 aliphatic rings. The number of hydrogen-bond acceptors (Lipinski definition) is 0. The Balaban J connectivity index is 1.16. The number of hydrogen-bond donors (Lipinski definition) is 0. The molecule has 0 amide bonds. The minimum absolute atomic E-state index is 1.18. The second-order valence-corrected chi connectivity index (χ2v) is 15.4. The van der Waals surface area contributed by atoms with Gasteiger partial charge >= 0.3 is 0 Å². The normalized spacial score (nSPS) is 14.6. The van der Waals surface area contributed by atoms with E-state index in [4.69, 9.17) is 0 Å². The molecule has 3 nitrogen and oxygen atoms in total. The maximum absolute atomic E-state index is 2.63. The van der Waals surface area contributed by atoms with Crippen molar-refractivity contribution in [3.05, 3.63) is 162 Å². The average Bonchev–Trinajstić information content (AvgIpc) is 3.85. The van der Waals surface area contributed by atoms with Gasteiger partial charge in [0.25, 0.3) is 0 Å². The van der Waals surface area contributed by atoms with Crippen molar-refractivity contribution in [2.24, 2.45) is 0 Å². The molecule has 0 radical (unpaired) electrons. The summed E-state index contributed by atoms with van der Waals surface area (Å²) in [6.45, 7) is 0. The zero-order valence-corrected chi connectivity index (χ0v) is 29.8. The van der Waals surface area contributed by atoms with Crippen LogP contribution in [0.2, 0.25) is 0 Å². The molecular weight excluding hydrogens is 643 g/mol. The van der Waals surface area contributed by atoms with Gasteiger partial charge in [0.1, 0.15) is 0 Å². The van der Waals surface area contributed by atoms with Crippen LogP contribution in [0.5, 0.6) is 0 Å². The SMILES string of the molecule is c1ccc(-n2c3ccccc3c3cc(-n4c5ccccc5c5c(-n6c7cc8c(cc7c7c9c(ccc76)CCCC9)CCCC8)cccc54)ccc32)cc1. The van der Waals surface area contributed by atoms with E-state index in [0.717, 1.165) is 0 Å². The molecule has 0 saturated carbocycles. The fourth-order valence-electron chi connectivity index (χ4n) is 10.3. The lowest BCUT2D eigenvalue weighted by atomic mass is 9.87. The minimum atomic E-state index is 1.18. The first-order valence-electron chi connectivity index (χ1n) is 19.5. The molecule has 0 fully saturated rings. The van der Waals surface area contributed by atoms with Gasteiger partial charge in [0, 0.05) is 43.7 Å². The largest absolute Gasteiger partial charge is 0.309 e. The van der Waals surface area contributed by atoms with Gasteiger partial charge in [0.15, 0.2) is 0 Å². The molecule has 0 aliphatic heterocycles. The zero-order chi connectivity index (χ0) is 34.6. The van der Waals surface area contributed by atoms with Crippen molar-refractivity contribution in [3.63, 3.8) is 0 Å². The Morgan fingerprint density at radius 1 is 0.321 bits per heavy atom. The van der Waals surface area contributed by atoms with Gasteiger partial charge in [-0.2, -0.15) is 0 Å². The third kappa shape index (κ3) is 4.16. The summed E-state index contributed by atoms with van der Waals surface area (Å²) in [7, 11) is 0. The van der Waals surface area contributed by atoms with Crippen LogP contribution >= 0.6 is 0 Å². The highest BCUT2D eigenvalue weighted by Crippen LogP contribution is 2.44. The molecule has 53 heavy (non-hydrogen) atoms. The van der Waals surface area contributed by atoms with Gasteiger partial charge in [-0.3, -0.25) is 0 Å². The van der Waals surface area contributed by atoms with Crippen molar-refractivity contribution in [1.82, 2.24) is 13.7 Å². The summed E-state index contributed by atoms with van der Waals surface area (Å²) in [4.78, 5) is 0. The van der Waals surface area contributed by atoms with E-state index < -0.39 is 0 Å². The van der Waals surface area contributed by atoms with Gasteiger partial charge in [-0.05, 0) is 146 Å². The third-order valence-corrected chi connectivity index (χ3v) is 12.6. The van der Waals surface area contributed by atoms with Crippen LogP contribution in [-0.4, -0.2) is 13.7 Å². The number of rotatable bonds is 3.